The number of carbonyl (C=O) groups excluding carboxylic acids is 5. The fourth-order valence-corrected chi connectivity index (χ4v) is 4.79. The molecule has 6 amide bonds. The Kier molecular flexibility index (Phi) is 13.7. The highest BCUT2D eigenvalue weighted by atomic mass is 16.4. The van der Waals surface area contributed by atoms with Gasteiger partial charge in [0.05, 0.1) is 6.04 Å². The Morgan fingerprint density at radius 2 is 1.67 bits per heavy atom. The van der Waals surface area contributed by atoms with Gasteiger partial charge in [0.15, 0.2) is 0 Å². The number of phenolic OH excluding ortho intramolecular Hbond substituents is 1. The van der Waals surface area contributed by atoms with Crippen molar-refractivity contribution < 1.29 is 39.0 Å². The van der Waals surface area contributed by atoms with E-state index in [1.807, 2.05) is 13.8 Å². The van der Waals surface area contributed by atoms with E-state index in [4.69, 9.17) is 16.6 Å². The molecular weight excluding hydrogens is 562 g/mol. The van der Waals surface area contributed by atoms with E-state index in [2.05, 4.69) is 21.3 Å². The lowest BCUT2D eigenvalue weighted by Crippen LogP contribution is -2.57. The number of rotatable bonds is 16. The highest BCUT2D eigenvalue weighted by molar-refractivity contribution is 5.95. The number of amides is 6. The van der Waals surface area contributed by atoms with Crippen LogP contribution in [0.1, 0.15) is 51.5 Å². The number of phenols is 1. The lowest BCUT2D eigenvalue weighted by atomic mass is 10.0. The van der Waals surface area contributed by atoms with Crippen LogP contribution in [-0.4, -0.2) is 94.5 Å². The molecular formula is C28H43N7O8. The SMILES string of the molecule is CC(C)C[C@H](NC(=O)[C@@H]1CCCN1C(=O)[C@H](CCCNC(N)=O)NC(=O)[C@@H](N)Cc1ccc(O)cc1)C(=O)NCC(=O)O. The molecule has 0 bridgehead atoms. The number of aliphatic carboxylic acids is 1. The highest BCUT2D eigenvalue weighted by Crippen LogP contribution is 2.21. The number of nitrogens with one attached hydrogen (secondary N) is 4. The molecule has 1 aromatic rings. The fourth-order valence-electron chi connectivity index (χ4n) is 4.79. The second kappa shape index (κ2) is 16.9. The summed E-state index contributed by atoms with van der Waals surface area (Å²) in [4.78, 5) is 76.0. The third kappa shape index (κ3) is 11.8. The van der Waals surface area contributed by atoms with Crippen molar-refractivity contribution in [3.05, 3.63) is 29.8 Å². The zero-order valence-electron chi connectivity index (χ0n) is 24.5. The minimum absolute atomic E-state index is 0.00146. The quantitative estimate of drug-likeness (QED) is 0.107. The first-order chi connectivity index (χ1) is 20.3. The molecule has 0 aliphatic carbocycles. The minimum atomic E-state index is -1.22. The molecule has 0 unspecified atom stereocenters. The molecule has 15 nitrogen and oxygen atoms in total. The molecule has 238 valence electrons. The molecule has 0 saturated carbocycles. The first kappa shape index (κ1) is 34.8. The highest BCUT2D eigenvalue weighted by Gasteiger charge is 2.39. The maximum absolute atomic E-state index is 13.7. The second-order valence-corrected chi connectivity index (χ2v) is 11.0. The molecule has 0 radical (unpaired) electrons. The Bertz CT molecular complexity index is 1140. The smallest absolute Gasteiger partial charge is 0.322 e. The predicted molar refractivity (Wildman–Crippen MR) is 155 cm³/mol. The van der Waals surface area contributed by atoms with Crippen molar-refractivity contribution >= 4 is 35.6 Å². The number of carbonyl (C=O) groups is 6. The largest absolute Gasteiger partial charge is 0.508 e. The van der Waals surface area contributed by atoms with Gasteiger partial charge in [-0.3, -0.25) is 24.0 Å². The molecule has 0 aromatic heterocycles. The number of nitrogens with two attached hydrogens (primary N) is 2. The van der Waals surface area contributed by atoms with E-state index in [0.717, 1.165) is 0 Å². The summed E-state index contributed by atoms with van der Waals surface area (Å²) in [6.45, 7) is 3.49. The number of nitrogens with zero attached hydrogens (tertiary/aromatic N) is 1. The number of hydrogen-bond acceptors (Lipinski definition) is 8. The number of hydrogen-bond donors (Lipinski definition) is 8. The Labute approximate surface area is 250 Å². The molecule has 10 N–H and O–H groups in total. The van der Waals surface area contributed by atoms with Gasteiger partial charge in [0.25, 0.3) is 0 Å². The monoisotopic (exact) mass is 605 g/mol. The van der Waals surface area contributed by atoms with Crippen molar-refractivity contribution in [1.29, 1.82) is 0 Å². The Hall–Kier alpha value is -4.40. The normalized spacial score (nSPS) is 16.6. The molecule has 4 atom stereocenters. The van der Waals surface area contributed by atoms with Crippen LogP contribution in [-0.2, 0) is 30.4 Å². The van der Waals surface area contributed by atoms with Crippen molar-refractivity contribution in [3.63, 3.8) is 0 Å². The van der Waals surface area contributed by atoms with Crippen LogP contribution in [0.5, 0.6) is 5.75 Å². The van der Waals surface area contributed by atoms with E-state index in [0.29, 0.717) is 18.4 Å². The van der Waals surface area contributed by atoms with Crippen molar-refractivity contribution in [1.82, 2.24) is 26.2 Å². The predicted octanol–water partition coefficient (Wildman–Crippen LogP) is -1.08. The van der Waals surface area contributed by atoms with Gasteiger partial charge in [-0.05, 0) is 62.1 Å². The molecule has 0 spiro atoms. The average molecular weight is 606 g/mol. The van der Waals surface area contributed by atoms with Gasteiger partial charge in [-0.25, -0.2) is 4.79 Å². The summed E-state index contributed by atoms with van der Waals surface area (Å²) < 4.78 is 0. The number of carboxylic acids is 1. The van der Waals surface area contributed by atoms with Crippen LogP contribution in [0.2, 0.25) is 0 Å². The van der Waals surface area contributed by atoms with Crippen molar-refractivity contribution in [2.75, 3.05) is 19.6 Å². The van der Waals surface area contributed by atoms with Crippen LogP contribution in [0.3, 0.4) is 0 Å². The molecule has 1 aromatic carbocycles. The number of aromatic hydroxyl groups is 1. The molecule has 2 rings (SSSR count). The van der Waals surface area contributed by atoms with Crippen molar-refractivity contribution in [3.8, 4) is 5.75 Å². The fraction of sp³-hybridized carbons (Fsp3) is 0.571. The van der Waals surface area contributed by atoms with E-state index < -0.39 is 66.3 Å². The van der Waals surface area contributed by atoms with Crippen molar-refractivity contribution in [2.24, 2.45) is 17.4 Å². The minimum Gasteiger partial charge on any atom is -0.508 e. The van der Waals surface area contributed by atoms with Gasteiger partial charge in [0.1, 0.15) is 30.4 Å². The first-order valence-electron chi connectivity index (χ1n) is 14.3. The molecule has 1 fully saturated rings. The Balaban J connectivity index is 2.15. The van der Waals surface area contributed by atoms with E-state index in [1.54, 1.807) is 12.1 Å². The summed E-state index contributed by atoms with van der Waals surface area (Å²) in [5.41, 5.74) is 11.9. The van der Waals surface area contributed by atoms with Crippen molar-refractivity contribution in [2.45, 2.75) is 76.5 Å². The van der Waals surface area contributed by atoms with Gasteiger partial charge in [-0.2, -0.15) is 0 Å². The summed E-state index contributed by atoms with van der Waals surface area (Å²) in [6, 6.07) is 1.47. The third-order valence-corrected chi connectivity index (χ3v) is 6.90. The zero-order valence-corrected chi connectivity index (χ0v) is 24.5. The summed E-state index contributed by atoms with van der Waals surface area (Å²) >= 11 is 0. The molecule has 15 heteroatoms. The van der Waals surface area contributed by atoms with E-state index in [1.165, 1.54) is 17.0 Å². The van der Waals surface area contributed by atoms with Gasteiger partial charge in [-0.15, -0.1) is 0 Å². The lowest BCUT2D eigenvalue weighted by Gasteiger charge is -2.30. The van der Waals surface area contributed by atoms with Gasteiger partial charge in [-0.1, -0.05) is 26.0 Å². The maximum Gasteiger partial charge on any atom is 0.322 e. The molecule has 1 heterocycles. The first-order valence-corrected chi connectivity index (χ1v) is 14.3. The van der Waals surface area contributed by atoms with E-state index >= 15 is 0 Å². The van der Waals surface area contributed by atoms with Gasteiger partial charge >= 0.3 is 12.0 Å². The summed E-state index contributed by atoms with van der Waals surface area (Å²) in [7, 11) is 0. The van der Waals surface area contributed by atoms with Gasteiger partial charge < -0.3 is 47.8 Å². The topological polar surface area (TPSA) is 246 Å². The van der Waals surface area contributed by atoms with E-state index in [9.17, 15) is 33.9 Å². The van der Waals surface area contributed by atoms with Crippen LogP contribution in [0.25, 0.3) is 0 Å². The van der Waals surface area contributed by atoms with Crippen LogP contribution in [0.4, 0.5) is 4.79 Å². The number of carboxylic acid groups (broad SMARTS) is 1. The number of urea groups is 1. The van der Waals surface area contributed by atoms with Crippen LogP contribution >= 0.6 is 0 Å². The number of primary amides is 1. The number of benzene rings is 1. The van der Waals surface area contributed by atoms with Crippen LogP contribution in [0.15, 0.2) is 24.3 Å². The Morgan fingerprint density at radius 3 is 2.28 bits per heavy atom. The molecule has 43 heavy (non-hydrogen) atoms. The van der Waals surface area contributed by atoms with E-state index in [-0.39, 0.29) is 50.4 Å². The van der Waals surface area contributed by atoms with Crippen LogP contribution in [0, 0.1) is 5.92 Å². The molecule has 1 aliphatic heterocycles. The summed E-state index contributed by atoms with van der Waals surface area (Å²) in [5.74, 6) is -3.47. The molecule has 1 saturated heterocycles. The summed E-state index contributed by atoms with van der Waals surface area (Å²) in [6.07, 6.45) is 1.64. The Morgan fingerprint density at radius 1 is 1.00 bits per heavy atom. The standard InChI is InChI=1S/C28H43N7O8/c1-16(2)13-21(25(40)32-15-23(37)38)34-26(41)22-6-4-12-35(22)27(42)20(5-3-11-31-28(30)43)33-24(39)19(29)14-17-7-9-18(36)10-8-17/h7-10,16,19-22,36H,3-6,11-15,29H2,1-2H3,(H,32,40)(H,33,39)(H,34,41)(H,37,38)(H3,30,31,43)/t19-,20-,21-,22-/m0/s1. The second-order valence-electron chi connectivity index (χ2n) is 11.0. The zero-order chi connectivity index (χ0) is 32.1. The third-order valence-electron chi connectivity index (χ3n) is 6.90. The average Bonchev–Trinajstić information content (AvgIpc) is 3.43. The maximum atomic E-state index is 13.7. The summed E-state index contributed by atoms with van der Waals surface area (Å²) in [5, 5.41) is 28.4. The van der Waals surface area contributed by atoms with Gasteiger partial charge in [0.2, 0.25) is 23.6 Å². The van der Waals surface area contributed by atoms with Gasteiger partial charge in [0, 0.05) is 13.1 Å². The molecule has 1 aliphatic rings. The lowest BCUT2D eigenvalue weighted by molar-refractivity contribution is -0.142. The van der Waals surface area contributed by atoms with Crippen LogP contribution < -0.4 is 32.7 Å². The number of likely N-dealkylation sites (tertiary alicyclic amines) is 1.